The van der Waals surface area contributed by atoms with Crippen LogP contribution in [0.4, 0.5) is 0 Å². The van der Waals surface area contributed by atoms with Crippen molar-refractivity contribution in [2.45, 2.75) is 19.3 Å². The summed E-state index contributed by atoms with van der Waals surface area (Å²) in [4.78, 5) is 0. The van der Waals surface area contributed by atoms with Crippen LogP contribution in [0.5, 0.6) is 0 Å². The zero-order valence-electron chi connectivity index (χ0n) is 6.15. The molecule has 62 valence electrons. The molecule has 0 radical (unpaired) electrons. The maximum Gasteiger partial charge on any atom is -0.000162 e. The number of hydrogen-bond acceptors (Lipinski definition) is 1. The molecule has 0 aromatic carbocycles. The third-order valence-electron chi connectivity index (χ3n) is 1.60. The number of alkyl halides is 2. The van der Waals surface area contributed by atoms with Crippen LogP contribution in [-0.4, -0.2) is 15.4 Å². The molecule has 1 unspecified atom stereocenters. The van der Waals surface area contributed by atoms with E-state index in [1.165, 1.54) is 28.1 Å². The van der Waals surface area contributed by atoms with Crippen molar-refractivity contribution in [1.29, 1.82) is 0 Å². The maximum atomic E-state index is 5.59. The van der Waals surface area contributed by atoms with Crippen molar-refractivity contribution in [1.82, 2.24) is 0 Å². The van der Waals surface area contributed by atoms with Crippen molar-refractivity contribution < 1.29 is 0 Å². The van der Waals surface area contributed by atoms with E-state index in [4.69, 9.17) is 5.73 Å². The molecule has 0 rings (SSSR count). The number of halogens is 2. The Bertz CT molecular complexity index is 68.6. The summed E-state index contributed by atoms with van der Waals surface area (Å²) in [6, 6.07) is 0. The van der Waals surface area contributed by atoms with Gasteiger partial charge < -0.3 is 5.73 Å². The highest BCUT2D eigenvalue weighted by Gasteiger charge is 2.03. The third-order valence-corrected chi connectivity index (χ3v) is 2.98. The fraction of sp³-hybridized carbons (Fsp3) is 1.00. The number of rotatable bonds is 6. The van der Waals surface area contributed by atoms with Gasteiger partial charge in [0.15, 0.2) is 0 Å². The van der Waals surface area contributed by atoms with E-state index in [-0.39, 0.29) is 0 Å². The summed E-state index contributed by atoms with van der Waals surface area (Å²) in [5.74, 6) is 0.784. The van der Waals surface area contributed by atoms with Gasteiger partial charge in [-0.1, -0.05) is 45.2 Å². The molecule has 1 nitrogen and oxygen atoms in total. The lowest BCUT2D eigenvalue weighted by Crippen LogP contribution is -2.14. The Kier molecular flexibility index (Phi) is 9.73. The first-order chi connectivity index (χ1) is 4.85. The predicted molar refractivity (Wildman–Crippen MR) is 64.2 cm³/mol. The van der Waals surface area contributed by atoms with E-state index in [9.17, 15) is 0 Å². The minimum atomic E-state index is 0.784. The fourth-order valence-electron chi connectivity index (χ4n) is 0.900. The van der Waals surface area contributed by atoms with Crippen molar-refractivity contribution in [3.63, 3.8) is 0 Å². The molecule has 0 fully saturated rings. The number of nitrogens with two attached hydrogens (primary N) is 1. The highest BCUT2D eigenvalue weighted by molar-refractivity contribution is 14.1. The van der Waals surface area contributed by atoms with Gasteiger partial charge in [-0.25, -0.2) is 0 Å². The minimum Gasteiger partial charge on any atom is -0.330 e. The standard InChI is InChI=1S/C7H15I2N/c8-4-1-2-7(6-10)3-5-9/h7H,1-6,10H2. The minimum absolute atomic E-state index is 0.784. The first-order valence-corrected chi connectivity index (χ1v) is 6.72. The quantitative estimate of drug-likeness (QED) is 0.567. The molecule has 1 atom stereocenters. The summed E-state index contributed by atoms with van der Waals surface area (Å²) in [6.07, 6.45) is 3.95. The second-order valence-corrected chi connectivity index (χ2v) is 4.57. The van der Waals surface area contributed by atoms with Gasteiger partial charge >= 0.3 is 0 Å². The Morgan fingerprint density at radius 2 is 1.80 bits per heavy atom. The summed E-state index contributed by atoms with van der Waals surface area (Å²) < 4.78 is 2.52. The van der Waals surface area contributed by atoms with Crippen molar-refractivity contribution in [3.8, 4) is 0 Å². The summed E-state index contributed by atoms with van der Waals surface area (Å²) in [5.41, 5.74) is 5.59. The van der Waals surface area contributed by atoms with Crippen LogP contribution in [0, 0.1) is 5.92 Å². The molecule has 0 spiro atoms. The van der Waals surface area contributed by atoms with Crippen LogP contribution >= 0.6 is 45.2 Å². The normalized spacial score (nSPS) is 13.5. The molecular formula is C7H15I2N. The lowest BCUT2D eigenvalue weighted by atomic mass is 10.0. The average molecular weight is 367 g/mol. The molecule has 0 saturated heterocycles. The predicted octanol–water partition coefficient (Wildman–Crippen LogP) is 2.60. The van der Waals surface area contributed by atoms with Crippen LogP contribution in [0.1, 0.15) is 19.3 Å². The summed E-state index contributed by atoms with van der Waals surface area (Å²) in [6.45, 7) is 0.875. The van der Waals surface area contributed by atoms with Gasteiger partial charge in [0.25, 0.3) is 0 Å². The van der Waals surface area contributed by atoms with Gasteiger partial charge in [-0.05, 0) is 40.6 Å². The van der Waals surface area contributed by atoms with E-state index in [2.05, 4.69) is 45.2 Å². The second-order valence-electron chi connectivity index (χ2n) is 2.41. The van der Waals surface area contributed by atoms with Crippen LogP contribution in [0.15, 0.2) is 0 Å². The Morgan fingerprint density at radius 3 is 2.20 bits per heavy atom. The first-order valence-electron chi connectivity index (χ1n) is 3.67. The van der Waals surface area contributed by atoms with Crippen LogP contribution in [0.2, 0.25) is 0 Å². The van der Waals surface area contributed by atoms with Crippen molar-refractivity contribution in [2.24, 2.45) is 11.7 Å². The smallest absolute Gasteiger partial charge is 0.000162 e. The average Bonchev–Trinajstić information content (AvgIpc) is 1.98. The van der Waals surface area contributed by atoms with Crippen LogP contribution < -0.4 is 5.73 Å². The molecule has 0 aliphatic heterocycles. The monoisotopic (exact) mass is 367 g/mol. The van der Waals surface area contributed by atoms with E-state index >= 15 is 0 Å². The van der Waals surface area contributed by atoms with Crippen LogP contribution in [-0.2, 0) is 0 Å². The molecule has 0 aromatic heterocycles. The van der Waals surface area contributed by atoms with Gasteiger partial charge in [-0.3, -0.25) is 0 Å². The fourth-order valence-corrected chi connectivity index (χ4v) is 2.22. The molecular weight excluding hydrogens is 352 g/mol. The maximum absolute atomic E-state index is 5.59. The molecule has 0 saturated carbocycles. The van der Waals surface area contributed by atoms with Crippen molar-refractivity contribution >= 4 is 45.2 Å². The van der Waals surface area contributed by atoms with Gasteiger partial charge in [0, 0.05) is 0 Å². The van der Waals surface area contributed by atoms with E-state index < -0.39 is 0 Å². The van der Waals surface area contributed by atoms with Gasteiger partial charge in [-0.2, -0.15) is 0 Å². The van der Waals surface area contributed by atoms with E-state index in [0.717, 1.165) is 12.5 Å². The zero-order valence-corrected chi connectivity index (χ0v) is 10.5. The third kappa shape index (κ3) is 6.15. The molecule has 3 heteroatoms. The van der Waals surface area contributed by atoms with E-state index in [1.54, 1.807) is 0 Å². The van der Waals surface area contributed by atoms with Crippen LogP contribution in [0.3, 0.4) is 0 Å². The zero-order chi connectivity index (χ0) is 7.82. The van der Waals surface area contributed by atoms with E-state index in [1.807, 2.05) is 0 Å². The van der Waals surface area contributed by atoms with Crippen LogP contribution in [0.25, 0.3) is 0 Å². The largest absolute Gasteiger partial charge is 0.330 e. The number of hydrogen-bond donors (Lipinski definition) is 1. The Balaban J connectivity index is 3.21. The Hall–Kier alpha value is 1.42. The highest BCUT2D eigenvalue weighted by atomic mass is 127. The molecule has 0 aliphatic rings. The second kappa shape index (κ2) is 8.52. The molecule has 0 amide bonds. The molecule has 2 N–H and O–H groups in total. The van der Waals surface area contributed by atoms with Gasteiger partial charge in [0.05, 0.1) is 0 Å². The molecule has 0 heterocycles. The Labute approximate surface area is 90.8 Å². The van der Waals surface area contributed by atoms with Crippen molar-refractivity contribution in [2.75, 3.05) is 15.4 Å². The summed E-state index contributed by atoms with van der Waals surface area (Å²) in [5, 5.41) is 0. The topological polar surface area (TPSA) is 26.0 Å². The summed E-state index contributed by atoms with van der Waals surface area (Å²) in [7, 11) is 0. The first kappa shape index (κ1) is 11.4. The highest BCUT2D eigenvalue weighted by Crippen LogP contribution is 2.12. The molecule has 0 aliphatic carbocycles. The molecule has 0 bridgehead atoms. The van der Waals surface area contributed by atoms with Gasteiger partial charge in [0.2, 0.25) is 0 Å². The van der Waals surface area contributed by atoms with Gasteiger partial charge in [-0.15, -0.1) is 0 Å². The lowest BCUT2D eigenvalue weighted by Gasteiger charge is -2.10. The summed E-state index contributed by atoms with van der Waals surface area (Å²) >= 11 is 4.84. The van der Waals surface area contributed by atoms with Crippen molar-refractivity contribution in [3.05, 3.63) is 0 Å². The van der Waals surface area contributed by atoms with Gasteiger partial charge in [0.1, 0.15) is 0 Å². The molecule has 0 aromatic rings. The lowest BCUT2D eigenvalue weighted by molar-refractivity contribution is 0.484. The SMILES string of the molecule is NCC(CCI)CCCI. The molecule has 10 heavy (non-hydrogen) atoms. The van der Waals surface area contributed by atoms with E-state index in [0.29, 0.717) is 0 Å². The Morgan fingerprint density at radius 1 is 1.10 bits per heavy atom.